The molecule has 0 aliphatic rings. The molecule has 6 heteroatoms. The molecule has 0 bridgehead atoms. The molecule has 1 heterocycles. The van der Waals surface area contributed by atoms with Gasteiger partial charge in [0.25, 0.3) is 0 Å². The Morgan fingerprint density at radius 3 is 2.65 bits per heavy atom. The second-order valence-corrected chi connectivity index (χ2v) is 5.51. The molecule has 1 aromatic heterocycles. The lowest BCUT2D eigenvalue weighted by Crippen LogP contribution is -2.31. The van der Waals surface area contributed by atoms with E-state index in [2.05, 4.69) is 28.4 Å². The number of hydrogen-bond acceptors (Lipinski definition) is 4. The predicted molar refractivity (Wildman–Crippen MR) is 80.1 cm³/mol. The number of aromatic nitrogens is 1. The maximum Gasteiger partial charge on any atom is 0.149 e. The van der Waals surface area contributed by atoms with Crippen molar-refractivity contribution in [3.63, 3.8) is 0 Å². The molecule has 0 amide bonds. The van der Waals surface area contributed by atoms with Crippen LogP contribution in [0.25, 0.3) is 0 Å². The molecule has 1 N–H and O–H groups in total. The number of hydrogen-bond donors (Lipinski definition) is 1. The molecule has 1 aromatic rings. The summed E-state index contributed by atoms with van der Waals surface area (Å²) in [5.41, 5.74) is 0. The molecule has 0 saturated heterocycles. The van der Waals surface area contributed by atoms with Gasteiger partial charge in [0, 0.05) is 25.9 Å². The Hall–Kier alpha value is -0.320. The van der Waals surface area contributed by atoms with Gasteiger partial charge in [-0.3, -0.25) is 0 Å². The van der Waals surface area contributed by atoms with Crippen LogP contribution in [0.1, 0.15) is 6.92 Å². The first-order valence-corrected chi connectivity index (χ1v) is 7.41. The summed E-state index contributed by atoms with van der Waals surface area (Å²) in [6.45, 7) is 2.14. The minimum atomic E-state index is 0.362. The zero-order valence-electron chi connectivity index (χ0n) is 10.4. The molecule has 96 valence electrons. The molecule has 0 radical (unpaired) electrons. The standard InChI is InChI=1S/C11H17Cl2N3S/c1-7(6-17-4)16(3)11-9(13)5-8(12)10(14-2)15-11/h5,7H,6H2,1-4H3,(H,14,15). The maximum absolute atomic E-state index is 6.17. The van der Waals surface area contributed by atoms with Crippen molar-refractivity contribution in [2.24, 2.45) is 0 Å². The van der Waals surface area contributed by atoms with Crippen LogP contribution in [0, 0.1) is 0 Å². The molecule has 1 unspecified atom stereocenters. The van der Waals surface area contributed by atoms with Crippen LogP contribution in [0.15, 0.2) is 6.07 Å². The van der Waals surface area contributed by atoms with Crippen molar-refractivity contribution in [2.75, 3.05) is 36.3 Å². The number of nitrogens with one attached hydrogen (secondary N) is 1. The summed E-state index contributed by atoms with van der Waals surface area (Å²) in [5.74, 6) is 2.42. The highest BCUT2D eigenvalue weighted by Crippen LogP contribution is 2.31. The second-order valence-electron chi connectivity index (χ2n) is 3.79. The summed E-state index contributed by atoms with van der Waals surface area (Å²) in [6, 6.07) is 2.08. The summed E-state index contributed by atoms with van der Waals surface area (Å²) in [4.78, 5) is 6.50. The summed E-state index contributed by atoms with van der Waals surface area (Å²) in [7, 11) is 3.78. The molecule has 0 saturated carbocycles. The Morgan fingerprint density at radius 2 is 2.12 bits per heavy atom. The Balaban J connectivity index is 3.04. The van der Waals surface area contributed by atoms with Crippen LogP contribution < -0.4 is 10.2 Å². The van der Waals surface area contributed by atoms with E-state index in [0.29, 0.717) is 21.9 Å². The molecule has 0 aliphatic carbocycles. The van der Waals surface area contributed by atoms with E-state index in [9.17, 15) is 0 Å². The molecular formula is C11H17Cl2N3S. The van der Waals surface area contributed by atoms with Gasteiger partial charge in [0.05, 0.1) is 10.0 Å². The maximum atomic E-state index is 6.17. The molecular weight excluding hydrogens is 277 g/mol. The monoisotopic (exact) mass is 293 g/mol. The van der Waals surface area contributed by atoms with E-state index in [-0.39, 0.29) is 0 Å². The first-order chi connectivity index (χ1) is 8.01. The Bertz CT molecular complexity index is 387. The van der Waals surface area contributed by atoms with Crippen molar-refractivity contribution in [1.29, 1.82) is 0 Å². The molecule has 0 fully saturated rings. The van der Waals surface area contributed by atoms with Gasteiger partial charge in [0.1, 0.15) is 11.6 Å². The van der Waals surface area contributed by atoms with Crippen molar-refractivity contribution in [2.45, 2.75) is 13.0 Å². The minimum Gasteiger partial charge on any atom is -0.372 e. The van der Waals surface area contributed by atoms with Crippen LogP contribution in [0.4, 0.5) is 11.6 Å². The lowest BCUT2D eigenvalue weighted by atomic mass is 10.3. The van der Waals surface area contributed by atoms with Gasteiger partial charge in [-0.25, -0.2) is 4.98 Å². The highest BCUT2D eigenvalue weighted by molar-refractivity contribution is 7.98. The fourth-order valence-corrected chi connectivity index (χ4v) is 2.73. The quantitative estimate of drug-likeness (QED) is 0.898. The van der Waals surface area contributed by atoms with Gasteiger partial charge >= 0.3 is 0 Å². The van der Waals surface area contributed by atoms with Gasteiger partial charge in [0.2, 0.25) is 0 Å². The smallest absolute Gasteiger partial charge is 0.149 e. The Kier molecular flexibility index (Phi) is 5.70. The number of thioether (sulfide) groups is 1. The van der Waals surface area contributed by atoms with Crippen LogP contribution in [0.3, 0.4) is 0 Å². The number of anilines is 2. The number of rotatable bonds is 5. The lowest BCUT2D eigenvalue weighted by molar-refractivity contribution is 0.754. The van der Waals surface area contributed by atoms with Gasteiger partial charge < -0.3 is 10.2 Å². The van der Waals surface area contributed by atoms with Crippen LogP contribution in [0.5, 0.6) is 0 Å². The first-order valence-electron chi connectivity index (χ1n) is 5.26. The molecule has 1 rings (SSSR count). The summed E-state index contributed by atoms with van der Waals surface area (Å²) in [5, 5.41) is 4.06. The van der Waals surface area contributed by atoms with Gasteiger partial charge in [-0.1, -0.05) is 23.2 Å². The van der Waals surface area contributed by atoms with Crippen LogP contribution >= 0.6 is 35.0 Å². The molecule has 17 heavy (non-hydrogen) atoms. The highest BCUT2D eigenvalue weighted by atomic mass is 35.5. The average Bonchev–Trinajstić information content (AvgIpc) is 2.29. The van der Waals surface area contributed by atoms with Gasteiger partial charge in [-0.15, -0.1) is 0 Å². The molecule has 0 aliphatic heterocycles. The third kappa shape index (κ3) is 3.57. The van der Waals surface area contributed by atoms with E-state index in [4.69, 9.17) is 23.2 Å². The van der Waals surface area contributed by atoms with Crippen LogP contribution in [-0.2, 0) is 0 Å². The fraction of sp³-hybridized carbons (Fsp3) is 0.545. The van der Waals surface area contributed by atoms with Gasteiger partial charge in [0.15, 0.2) is 0 Å². The van der Waals surface area contributed by atoms with Crippen LogP contribution in [0.2, 0.25) is 10.0 Å². The Morgan fingerprint density at radius 1 is 1.47 bits per heavy atom. The lowest BCUT2D eigenvalue weighted by Gasteiger charge is -2.26. The van der Waals surface area contributed by atoms with E-state index in [0.717, 1.165) is 11.6 Å². The second kappa shape index (κ2) is 6.57. The average molecular weight is 294 g/mol. The molecule has 1 atom stereocenters. The van der Waals surface area contributed by atoms with E-state index in [1.54, 1.807) is 24.9 Å². The van der Waals surface area contributed by atoms with E-state index in [1.165, 1.54) is 0 Å². The van der Waals surface area contributed by atoms with E-state index in [1.807, 2.05) is 7.05 Å². The highest BCUT2D eigenvalue weighted by Gasteiger charge is 2.16. The van der Waals surface area contributed by atoms with Crippen molar-refractivity contribution < 1.29 is 0 Å². The van der Waals surface area contributed by atoms with Gasteiger partial charge in [-0.2, -0.15) is 11.8 Å². The minimum absolute atomic E-state index is 0.362. The van der Waals surface area contributed by atoms with E-state index >= 15 is 0 Å². The van der Waals surface area contributed by atoms with Gasteiger partial charge in [-0.05, 0) is 19.2 Å². The summed E-state index contributed by atoms with van der Waals surface area (Å²) < 4.78 is 0. The number of halogens is 2. The SMILES string of the molecule is CNc1nc(N(C)C(C)CSC)c(Cl)cc1Cl. The third-order valence-corrected chi connectivity index (χ3v) is 3.93. The summed E-state index contributed by atoms with van der Waals surface area (Å²) in [6.07, 6.45) is 2.08. The first kappa shape index (κ1) is 14.7. The molecule has 3 nitrogen and oxygen atoms in total. The largest absolute Gasteiger partial charge is 0.372 e. The normalized spacial score (nSPS) is 12.4. The van der Waals surface area contributed by atoms with Crippen LogP contribution in [-0.4, -0.2) is 37.1 Å². The van der Waals surface area contributed by atoms with Crippen molar-refractivity contribution in [3.05, 3.63) is 16.1 Å². The zero-order valence-corrected chi connectivity index (χ0v) is 12.7. The number of pyridine rings is 1. The Labute approximate surface area is 117 Å². The molecule has 0 aromatic carbocycles. The summed E-state index contributed by atoms with van der Waals surface area (Å²) >= 11 is 14.0. The van der Waals surface area contributed by atoms with Crippen molar-refractivity contribution >= 4 is 46.6 Å². The predicted octanol–water partition coefficient (Wildman–Crippen LogP) is 3.62. The molecule has 0 spiro atoms. The topological polar surface area (TPSA) is 28.2 Å². The fourth-order valence-electron chi connectivity index (χ4n) is 1.44. The van der Waals surface area contributed by atoms with E-state index < -0.39 is 0 Å². The third-order valence-electron chi connectivity index (χ3n) is 2.55. The van der Waals surface area contributed by atoms with Crippen molar-refractivity contribution in [3.8, 4) is 0 Å². The van der Waals surface area contributed by atoms with Crippen molar-refractivity contribution in [1.82, 2.24) is 4.98 Å². The number of nitrogens with zero attached hydrogens (tertiary/aromatic N) is 2. The zero-order chi connectivity index (χ0) is 13.0.